The summed E-state index contributed by atoms with van der Waals surface area (Å²) in [6, 6.07) is 1.54. The molecule has 0 saturated carbocycles. The minimum atomic E-state index is -1.17. The summed E-state index contributed by atoms with van der Waals surface area (Å²) >= 11 is 0. The highest BCUT2D eigenvalue weighted by Crippen LogP contribution is 2.31. The summed E-state index contributed by atoms with van der Waals surface area (Å²) < 4.78 is 36.1. The Morgan fingerprint density at radius 3 is 2.32 bits per heavy atom. The zero-order chi connectivity index (χ0) is 14.2. The van der Waals surface area contributed by atoms with Crippen LogP contribution in [0, 0.1) is 11.6 Å². The molecule has 0 aromatic heterocycles. The molecular weight excluding hydrogens is 260 g/mol. The summed E-state index contributed by atoms with van der Waals surface area (Å²) in [6.07, 6.45) is -0.768. The van der Waals surface area contributed by atoms with Crippen molar-refractivity contribution in [2.45, 2.75) is 6.29 Å². The highest BCUT2D eigenvalue weighted by Gasteiger charge is 2.38. The second kappa shape index (κ2) is 5.02. The van der Waals surface area contributed by atoms with Gasteiger partial charge in [-0.2, -0.15) is 0 Å². The molecule has 19 heavy (non-hydrogen) atoms. The van der Waals surface area contributed by atoms with Crippen molar-refractivity contribution in [3.8, 4) is 0 Å². The number of methoxy groups -OCH3 is 2. The molecule has 0 bridgehead atoms. The molecule has 1 aliphatic heterocycles. The zero-order valence-electron chi connectivity index (χ0n) is 10.3. The van der Waals surface area contributed by atoms with Gasteiger partial charge in [-0.3, -0.25) is 14.5 Å². The zero-order valence-corrected chi connectivity index (χ0v) is 10.3. The van der Waals surface area contributed by atoms with Crippen LogP contribution >= 0.6 is 0 Å². The lowest BCUT2D eigenvalue weighted by molar-refractivity contribution is -0.119. The lowest BCUT2D eigenvalue weighted by atomic mass is 10.1. The number of ether oxygens (including phenoxy) is 2. The van der Waals surface area contributed by atoms with E-state index in [2.05, 4.69) is 0 Å². The van der Waals surface area contributed by atoms with Crippen LogP contribution in [0.1, 0.15) is 10.4 Å². The minimum absolute atomic E-state index is 0.0213. The van der Waals surface area contributed by atoms with Gasteiger partial charge in [0.05, 0.1) is 17.8 Å². The van der Waals surface area contributed by atoms with Crippen LogP contribution in [0.25, 0.3) is 0 Å². The molecule has 1 aromatic rings. The predicted octanol–water partition coefficient (Wildman–Crippen LogP) is 1.11. The number of anilines is 1. The number of amides is 1. The Kier molecular flexibility index (Phi) is 3.59. The summed E-state index contributed by atoms with van der Waals surface area (Å²) in [5.74, 6) is -4.03. The molecule has 102 valence electrons. The number of rotatable bonds is 4. The molecule has 7 heteroatoms. The van der Waals surface area contributed by atoms with Gasteiger partial charge in [-0.05, 0) is 6.07 Å². The van der Waals surface area contributed by atoms with Gasteiger partial charge in [-0.25, -0.2) is 8.78 Å². The normalized spacial score (nSPS) is 14.5. The third-order valence-electron chi connectivity index (χ3n) is 2.87. The van der Waals surface area contributed by atoms with Gasteiger partial charge in [0.2, 0.25) is 0 Å². The number of carbonyl (C=O) groups is 2. The quantitative estimate of drug-likeness (QED) is 0.608. The molecule has 1 heterocycles. The molecule has 0 aliphatic carbocycles. The average Bonchev–Trinajstić information content (AvgIpc) is 2.61. The molecule has 0 atom stereocenters. The van der Waals surface area contributed by atoms with Crippen LogP contribution in [0.15, 0.2) is 12.1 Å². The second-order valence-electron chi connectivity index (χ2n) is 3.93. The van der Waals surface area contributed by atoms with Gasteiger partial charge in [0.1, 0.15) is 0 Å². The van der Waals surface area contributed by atoms with Crippen molar-refractivity contribution in [2.75, 3.05) is 25.7 Å². The van der Waals surface area contributed by atoms with E-state index in [0.29, 0.717) is 0 Å². The van der Waals surface area contributed by atoms with Crippen LogP contribution in [-0.4, -0.2) is 38.7 Å². The van der Waals surface area contributed by atoms with E-state index in [0.717, 1.165) is 17.0 Å². The van der Waals surface area contributed by atoms with Crippen molar-refractivity contribution in [3.05, 3.63) is 29.3 Å². The fourth-order valence-electron chi connectivity index (χ4n) is 1.86. The van der Waals surface area contributed by atoms with Crippen LogP contribution in [0.4, 0.5) is 14.5 Å². The standard InChI is InChI=1S/C12H11F2NO4/c1-18-10(19-2)5-15-9-4-8(14)7(13)3-6(9)11(16)12(15)17/h3-4,10H,5H2,1-2H3. The van der Waals surface area contributed by atoms with Crippen LogP contribution in [0.2, 0.25) is 0 Å². The molecule has 0 unspecified atom stereocenters. The van der Waals surface area contributed by atoms with Crippen LogP contribution in [0.3, 0.4) is 0 Å². The van der Waals surface area contributed by atoms with E-state index in [1.165, 1.54) is 14.2 Å². The molecule has 0 saturated heterocycles. The number of ketones is 1. The first-order valence-corrected chi connectivity index (χ1v) is 5.40. The molecule has 1 aliphatic rings. The second-order valence-corrected chi connectivity index (χ2v) is 3.93. The van der Waals surface area contributed by atoms with Crippen LogP contribution < -0.4 is 4.90 Å². The smallest absolute Gasteiger partial charge is 0.299 e. The van der Waals surface area contributed by atoms with Gasteiger partial charge in [-0.15, -0.1) is 0 Å². The fraction of sp³-hybridized carbons (Fsp3) is 0.333. The van der Waals surface area contributed by atoms with Crippen molar-refractivity contribution in [1.82, 2.24) is 0 Å². The number of carbonyl (C=O) groups excluding carboxylic acids is 2. The SMILES string of the molecule is COC(CN1C(=O)C(=O)c2cc(F)c(F)cc21)OC. The molecule has 1 aromatic carbocycles. The number of hydrogen-bond acceptors (Lipinski definition) is 4. The molecule has 0 spiro atoms. The van der Waals surface area contributed by atoms with Crippen LogP contribution in [-0.2, 0) is 14.3 Å². The van der Waals surface area contributed by atoms with E-state index in [9.17, 15) is 18.4 Å². The number of nitrogens with zero attached hydrogens (tertiary/aromatic N) is 1. The Hall–Kier alpha value is -1.86. The Bertz CT molecular complexity index is 543. The Balaban J connectivity index is 2.41. The van der Waals surface area contributed by atoms with E-state index in [1.54, 1.807) is 0 Å². The average molecular weight is 271 g/mol. The van der Waals surface area contributed by atoms with Gasteiger partial charge >= 0.3 is 0 Å². The summed E-state index contributed by atoms with van der Waals surface area (Å²) in [5.41, 5.74) is -0.136. The number of benzene rings is 1. The predicted molar refractivity (Wildman–Crippen MR) is 60.8 cm³/mol. The van der Waals surface area contributed by atoms with E-state index < -0.39 is 29.6 Å². The Labute approximate surface area is 107 Å². The number of fused-ring (bicyclic) bond motifs is 1. The minimum Gasteiger partial charge on any atom is -0.354 e. The topological polar surface area (TPSA) is 55.8 Å². The van der Waals surface area contributed by atoms with Gasteiger partial charge in [0, 0.05) is 20.3 Å². The van der Waals surface area contributed by atoms with Crippen molar-refractivity contribution >= 4 is 17.4 Å². The number of Topliss-reactive ketones (excluding diaryl/α,β-unsaturated/α-hetero) is 1. The summed E-state index contributed by atoms with van der Waals surface area (Å²) in [4.78, 5) is 24.5. The van der Waals surface area contributed by atoms with E-state index in [-0.39, 0.29) is 17.8 Å². The lowest BCUT2D eigenvalue weighted by Gasteiger charge is -2.21. The first kappa shape index (κ1) is 13.6. The largest absolute Gasteiger partial charge is 0.354 e. The van der Waals surface area contributed by atoms with Gasteiger partial charge in [0.15, 0.2) is 17.9 Å². The van der Waals surface area contributed by atoms with Crippen molar-refractivity contribution in [3.63, 3.8) is 0 Å². The number of halogens is 2. The molecule has 0 N–H and O–H groups in total. The highest BCUT2D eigenvalue weighted by molar-refractivity contribution is 6.52. The third kappa shape index (κ3) is 2.22. The Morgan fingerprint density at radius 1 is 1.16 bits per heavy atom. The molecule has 0 fully saturated rings. The molecule has 0 radical (unpaired) electrons. The van der Waals surface area contributed by atoms with Gasteiger partial charge < -0.3 is 9.47 Å². The van der Waals surface area contributed by atoms with E-state index in [4.69, 9.17) is 9.47 Å². The molecule has 1 amide bonds. The third-order valence-corrected chi connectivity index (χ3v) is 2.87. The lowest BCUT2D eigenvalue weighted by Crippen LogP contribution is -2.38. The monoisotopic (exact) mass is 271 g/mol. The van der Waals surface area contributed by atoms with Gasteiger partial charge in [0.25, 0.3) is 11.7 Å². The van der Waals surface area contributed by atoms with Crippen molar-refractivity contribution in [1.29, 1.82) is 0 Å². The van der Waals surface area contributed by atoms with Crippen molar-refractivity contribution in [2.24, 2.45) is 0 Å². The van der Waals surface area contributed by atoms with Crippen LogP contribution in [0.5, 0.6) is 0 Å². The van der Waals surface area contributed by atoms with Gasteiger partial charge in [-0.1, -0.05) is 0 Å². The summed E-state index contributed by atoms with van der Waals surface area (Å²) in [5, 5.41) is 0. The molecule has 5 nitrogen and oxygen atoms in total. The Morgan fingerprint density at radius 2 is 1.74 bits per heavy atom. The summed E-state index contributed by atoms with van der Waals surface area (Å²) in [6.45, 7) is -0.0877. The maximum Gasteiger partial charge on any atom is 0.299 e. The fourth-order valence-corrected chi connectivity index (χ4v) is 1.86. The highest BCUT2D eigenvalue weighted by atomic mass is 19.2. The van der Waals surface area contributed by atoms with E-state index >= 15 is 0 Å². The number of hydrogen-bond donors (Lipinski definition) is 0. The molecule has 2 rings (SSSR count). The first-order valence-electron chi connectivity index (χ1n) is 5.40. The summed E-state index contributed by atoms with van der Waals surface area (Å²) in [7, 11) is 2.73. The maximum absolute atomic E-state index is 13.2. The van der Waals surface area contributed by atoms with E-state index in [1.807, 2.05) is 0 Å². The first-order chi connectivity index (χ1) is 8.99. The molecular formula is C12H11F2NO4. The maximum atomic E-state index is 13.2. The van der Waals surface area contributed by atoms with Crippen molar-refractivity contribution < 1.29 is 27.8 Å².